The molecule has 0 amide bonds. The number of nitrogens with zero attached hydrogens (tertiary/aromatic N) is 2. The molecule has 21 heavy (non-hydrogen) atoms. The molecule has 0 saturated heterocycles. The van der Waals surface area contributed by atoms with Gasteiger partial charge in [0.05, 0.1) is 0 Å². The fraction of sp³-hybridized carbons (Fsp3) is 0.375. The summed E-state index contributed by atoms with van der Waals surface area (Å²) in [5.41, 5.74) is 1.98. The first-order valence-corrected chi connectivity index (χ1v) is 8.36. The van der Waals surface area contributed by atoms with Crippen LogP contribution in [0.3, 0.4) is 0 Å². The fourth-order valence-corrected chi connectivity index (χ4v) is 3.32. The molecule has 0 aliphatic heterocycles. The summed E-state index contributed by atoms with van der Waals surface area (Å²) in [6, 6.07) is 3.79. The van der Waals surface area contributed by atoms with Gasteiger partial charge in [0.1, 0.15) is 0 Å². The predicted molar refractivity (Wildman–Crippen MR) is 83.4 cm³/mol. The standard InChI is InChI=1S/C16H18AsFN2O/c1-21-16-11(10-4-2-3-5-10)6-7-12(15(16)18)13-8-20-14(17)9-19-13/h6-10H,2-5,17H2,1H3. The second kappa shape index (κ2) is 6.15. The van der Waals surface area contributed by atoms with Gasteiger partial charge in [0, 0.05) is 0 Å². The van der Waals surface area contributed by atoms with Gasteiger partial charge in [-0.15, -0.1) is 0 Å². The van der Waals surface area contributed by atoms with E-state index in [1.54, 1.807) is 18.5 Å². The van der Waals surface area contributed by atoms with Crippen LogP contribution in [0, 0.1) is 5.82 Å². The fourth-order valence-electron chi connectivity index (χ4n) is 3.01. The summed E-state index contributed by atoms with van der Waals surface area (Å²) in [7, 11) is 1.53. The minimum atomic E-state index is -0.328. The molecule has 0 N–H and O–H groups in total. The van der Waals surface area contributed by atoms with Crippen LogP contribution in [0.25, 0.3) is 11.3 Å². The van der Waals surface area contributed by atoms with Gasteiger partial charge in [-0.1, -0.05) is 0 Å². The third kappa shape index (κ3) is 2.82. The summed E-state index contributed by atoms with van der Waals surface area (Å²) in [5.74, 6) is 0.451. The number of ether oxygens (including phenoxy) is 1. The number of benzene rings is 1. The Morgan fingerprint density at radius 2 is 1.95 bits per heavy atom. The van der Waals surface area contributed by atoms with Crippen LogP contribution in [0.2, 0.25) is 0 Å². The molecule has 5 heteroatoms. The van der Waals surface area contributed by atoms with E-state index >= 15 is 0 Å². The Morgan fingerprint density at radius 1 is 1.19 bits per heavy atom. The monoisotopic (exact) mass is 348 g/mol. The van der Waals surface area contributed by atoms with Crippen LogP contribution in [-0.4, -0.2) is 33.9 Å². The van der Waals surface area contributed by atoms with Crippen LogP contribution < -0.4 is 9.22 Å². The molecule has 0 radical (unpaired) electrons. The van der Waals surface area contributed by atoms with Crippen molar-refractivity contribution in [3.8, 4) is 17.0 Å². The molecule has 1 aromatic heterocycles. The van der Waals surface area contributed by atoms with E-state index in [0.717, 1.165) is 22.9 Å². The number of hydrogen-bond acceptors (Lipinski definition) is 3. The molecule has 0 spiro atoms. The minimum absolute atomic E-state index is 0.328. The van der Waals surface area contributed by atoms with Gasteiger partial charge in [0.15, 0.2) is 0 Å². The van der Waals surface area contributed by atoms with E-state index in [9.17, 15) is 4.39 Å². The van der Waals surface area contributed by atoms with Gasteiger partial charge < -0.3 is 0 Å². The van der Waals surface area contributed by atoms with E-state index in [-0.39, 0.29) is 5.82 Å². The van der Waals surface area contributed by atoms with E-state index < -0.39 is 0 Å². The zero-order valence-corrected chi connectivity index (χ0v) is 14.4. The van der Waals surface area contributed by atoms with Crippen LogP contribution in [-0.2, 0) is 0 Å². The Kier molecular flexibility index (Phi) is 4.25. The Labute approximate surface area is 132 Å². The van der Waals surface area contributed by atoms with Crippen LogP contribution in [0.1, 0.15) is 37.2 Å². The molecule has 1 aliphatic carbocycles. The van der Waals surface area contributed by atoms with Crippen LogP contribution in [0.15, 0.2) is 24.5 Å². The average molecular weight is 348 g/mol. The first-order valence-electron chi connectivity index (χ1n) is 7.15. The number of rotatable bonds is 3. The van der Waals surface area contributed by atoms with E-state index in [0.29, 0.717) is 22.9 Å². The molecule has 3 rings (SSSR count). The second-order valence-electron chi connectivity index (χ2n) is 5.36. The van der Waals surface area contributed by atoms with Crippen molar-refractivity contribution >= 4 is 21.3 Å². The van der Waals surface area contributed by atoms with E-state index in [1.807, 2.05) is 6.07 Å². The van der Waals surface area contributed by atoms with Crippen molar-refractivity contribution in [1.29, 1.82) is 0 Å². The van der Waals surface area contributed by atoms with Gasteiger partial charge >= 0.3 is 132 Å². The van der Waals surface area contributed by atoms with Crippen LogP contribution >= 0.6 is 0 Å². The second-order valence-corrected chi connectivity index (χ2v) is 6.60. The van der Waals surface area contributed by atoms with Gasteiger partial charge in [-0.3, -0.25) is 0 Å². The van der Waals surface area contributed by atoms with E-state index in [4.69, 9.17) is 4.74 Å². The first kappa shape index (κ1) is 14.5. The van der Waals surface area contributed by atoms with Crippen LogP contribution in [0.5, 0.6) is 5.75 Å². The van der Waals surface area contributed by atoms with Gasteiger partial charge in [-0.2, -0.15) is 0 Å². The van der Waals surface area contributed by atoms with Crippen molar-refractivity contribution < 1.29 is 9.13 Å². The van der Waals surface area contributed by atoms with Crippen molar-refractivity contribution in [2.24, 2.45) is 0 Å². The molecule has 1 aromatic carbocycles. The van der Waals surface area contributed by atoms with Gasteiger partial charge in [-0.25, -0.2) is 0 Å². The SMILES string of the molecule is COc1c(C2CCCC2)ccc(-c2cnc([AsH2])cn2)c1F. The third-order valence-electron chi connectivity index (χ3n) is 4.07. The maximum atomic E-state index is 14.8. The third-order valence-corrected chi connectivity index (χ3v) is 4.70. The Bertz CT molecular complexity index is 639. The molecule has 0 bridgehead atoms. The normalized spacial score (nSPS) is 15.4. The topological polar surface area (TPSA) is 35.0 Å². The number of methoxy groups -OCH3 is 1. The maximum absolute atomic E-state index is 14.8. The summed E-state index contributed by atoms with van der Waals surface area (Å²) in [6.07, 6.45) is 7.93. The van der Waals surface area contributed by atoms with Crippen molar-refractivity contribution in [2.45, 2.75) is 31.6 Å². The molecule has 1 saturated carbocycles. The molecule has 2 aromatic rings. The Morgan fingerprint density at radius 3 is 2.57 bits per heavy atom. The Hall–Kier alpha value is -1.41. The quantitative estimate of drug-likeness (QED) is 0.798. The molecular weight excluding hydrogens is 330 g/mol. The molecule has 3 nitrogen and oxygen atoms in total. The molecule has 1 unspecified atom stereocenters. The zero-order valence-electron chi connectivity index (χ0n) is 12.0. The molecule has 110 valence electrons. The predicted octanol–water partition coefficient (Wildman–Crippen LogP) is 2.21. The van der Waals surface area contributed by atoms with Crippen molar-refractivity contribution in [3.63, 3.8) is 0 Å². The number of hydrogen-bond donors (Lipinski definition) is 0. The summed E-state index contributed by atoms with van der Waals surface area (Å²) >= 11 is 1.40. The van der Waals surface area contributed by atoms with Crippen molar-refractivity contribution in [1.82, 2.24) is 9.97 Å². The van der Waals surface area contributed by atoms with Gasteiger partial charge in [-0.05, 0) is 0 Å². The van der Waals surface area contributed by atoms with E-state index in [1.165, 1.54) is 36.8 Å². The number of aromatic nitrogens is 2. The molecule has 1 atom stereocenters. The molecule has 1 heterocycles. The summed E-state index contributed by atoms with van der Waals surface area (Å²) in [4.78, 5) is 8.48. The van der Waals surface area contributed by atoms with Crippen LogP contribution in [0.4, 0.5) is 4.39 Å². The first-order chi connectivity index (χ1) is 10.2. The summed E-state index contributed by atoms with van der Waals surface area (Å²) < 4.78 is 21.0. The van der Waals surface area contributed by atoms with Gasteiger partial charge in [0.25, 0.3) is 0 Å². The summed E-state index contributed by atoms with van der Waals surface area (Å²) in [5, 5.41) is 0. The average Bonchev–Trinajstić information content (AvgIpc) is 3.02. The summed E-state index contributed by atoms with van der Waals surface area (Å²) in [6.45, 7) is 0. The Balaban J connectivity index is 2.05. The van der Waals surface area contributed by atoms with E-state index in [2.05, 4.69) is 9.97 Å². The molecular formula is C16H18AsFN2O. The number of halogens is 1. The van der Waals surface area contributed by atoms with Crippen molar-refractivity contribution in [2.75, 3.05) is 7.11 Å². The van der Waals surface area contributed by atoms with Gasteiger partial charge in [0.2, 0.25) is 0 Å². The molecule has 1 fully saturated rings. The van der Waals surface area contributed by atoms with Crippen molar-refractivity contribution in [3.05, 3.63) is 35.9 Å². The molecule has 1 aliphatic rings. The zero-order chi connectivity index (χ0) is 14.8.